The third-order valence-electron chi connectivity index (χ3n) is 2.16. The Balaban J connectivity index is 2.18. The molecule has 0 radical (unpaired) electrons. The lowest BCUT2D eigenvalue weighted by atomic mass is 10.1. The van der Waals surface area contributed by atoms with Crippen molar-refractivity contribution >= 4 is 15.9 Å². The smallest absolute Gasteiger partial charge is 0.134 e. The lowest BCUT2D eigenvalue weighted by Gasteiger charge is -2.05. The largest absolute Gasteiger partial charge is 0.381 e. The van der Waals surface area contributed by atoms with Gasteiger partial charge in [0.15, 0.2) is 0 Å². The molecule has 1 saturated heterocycles. The fourth-order valence-electron chi connectivity index (χ4n) is 1.42. The standard InChI is InChI=1S/C9H11BrN2O/c10-5-8-1-3-11-9(12-8)7-2-4-13-6-7/h1,3,7H,2,4-6H2. The van der Waals surface area contributed by atoms with E-state index in [0.717, 1.165) is 36.5 Å². The topological polar surface area (TPSA) is 35.0 Å². The molecule has 1 fully saturated rings. The predicted molar refractivity (Wildman–Crippen MR) is 52.8 cm³/mol. The van der Waals surface area contributed by atoms with Crippen LogP contribution in [-0.4, -0.2) is 23.2 Å². The molecule has 70 valence electrons. The van der Waals surface area contributed by atoms with E-state index < -0.39 is 0 Å². The third kappa shape index (κ3) is 2.06. The summed E-state index contributed by atoms with van der Waals surface area (Å²) in [6, 6.07) is 1.92. The molecule has 0 aliphatic carbocycles. The van der Waals surface area contributed by atoms with Crippen LogP contribution in [0.5, 0.6) is 0 Å². The second kappa shape index (κ2) is 4.15. The van der Waals surface area contributed by atoms with Crippen LogP contribution in [0.1, 0.15) is 23.9 Å². The van der Waals surface area contributed by atoms with E-state index in [4.69, 9.17) is 4.74 Å². The summed E-state index contributed by atoms with van der Waals surface area (Å²) in [6.45, 7) is 1.61. The van der Waals surface area contributed by atoms with Gasteiger partial charge in [0.1, 0.15) is 5.82 Å². The van der Waals surface area contributed by atoms with Crippen LogP contribution < -0.4 is 0 Å². The van der Waals surface area contributed by atoms with Gasteiger partial charge in [-0.25, -0.2) is 9.97 Å². The Morgan fingerprint density at radius 3 is 3.23 bits per heavy atom. The molecule has 3 nitrogen and oxygen atoms in total. The molecule has 0 spiro atoms. The SMILES string of the molecule is BrCc1ccnc(C2CCOC2)n1. The highest BCUT2D eigenvalue weighted by molar-refractivity contribution is 9.08. The van der Waals surface area contributed by atoms with Crippen LogP contribution in [0.4, 0.5) is 0 Å². The number of aromatic nitrogens is 2. The number of hydrogen-bond acceptors (Lipinski definition) is 3. The van der Waals surface area contributed by atoms with Crippen molar-refractivity contribution < 1.29 is 4.74 Å². The van der Waals surface area contributed by atoms with E-state index in [1.54, 1.807) is 0 Å². The van der Waals surface area contributed by atoms with E-state index >= 15 is 0 Å². The predicted octanol–water partition coefficient (Wildman–Crippen LogP) is 1.88. The molecule has 4 heteroatoms. The molecule has 0 bridgehead atoms. The van der Waals surface area contributed by atoms with Crippen LogP contribution in [0.15, 0.2) is 12.3 Å². The van der Waals surface area contributed by atoms with E-state index in [9.17, 15) is 0 Å². The zero-order valence-electron chi connectivity index (χ0n) is 7.24. The van der Waals surface area contributed by atoms with Crippen molar-refractivity contribution in [1.29, 1.82) is 0 Å². The number of hydrogen-bond donors (Lipinski definition) is 0. The van der Waals surface area contributed by atoms with Crippen molar-refractivity contribution in [1.82, 2.24) is 9.97 Å². The zero-order chi connectivity index (χ0) is 9.10. The highest BCUT2D eigenvalue weighted by Gasteiger charge is 2.20. The van der Waals surface area contributed by atoms with Crippen molar-refractivity contribution in [3.05, 3.63) is 23.8 Å². The summed E-state index contributed by atoms with van der Waals surface area (Å²) < 4.78 is 5.29. The first-order valence-corrected chi connectivity index (χ1v) is 5.48. The minimum atomic E-state index is 0.402. The highest BCUT2D eigenvalue weighted by Crippen LogP contribution is 2.21. The first-order valence-electron chi connectivity index (χ1n) is 4.35. The maximum absolute atomic E-state index is 5.29. The van der Waals surface area contributed by atoms with Crippen LogP contribution in [0.3, 0.4) is 0 Å². The first-order chi connectivity index (χ1) is 6.40. The summed E-state index contributed by atoms with van der Waals surface area (Å²) in [7, 11) is 0. The summed E-state index contributed by atoms with van der Waals surface area (Å²) >= 11 is 3.38. The van der Waals surface area contributed by atoms with Gasteiger partial charge in [-0.2, -0.15) is 0 Å². The average molecular weight is 243 g/mol. The quantitative estimate of drug-likeness (QED) is 0.744. The Bertz CT molecular complexity index is 287. The molecule has 2 rings (SSSR count). The minimum Gasteiger partial charge on any atom is -0.381 e. The van der Waals surface area contributed by atoms with Crippen molar-refractivity contribution in [2.45, 2.75) is 17.7 Å². The van der Waals surface area contributed by atoms with Crippen LogP contribution >= 0.6 is 15.9 Å². The van der Waals surface area contributed by atoms with E-state index in [1.165, 1.54) is 0 Å². The molecule has 1 atom stereocenters. The van der Waals surface area contributed by atoms with Crippen molar-refractivity contribution in [2.75, 3.05) is 13.2 Å². The molecule has 2 heterocycles. The second-order valence-corrected chi connectivity index (χ2v) is 3.66. The van der Waals surface area contributed by atoms with Crippen LogP contribution in [0.2, 0.25) is 0 Å². The fraction of sp³-hybridized carbons (Fsp3) is 0.556. The third-order valence-corrected chi connectivity index (χ3v) is 2.74. The second-order valence-electron chi connectivity index (χ2n) is 3.10. The number of rotatable bonds is 2. The van der Waals surface area contributed by atoms with E-state index in [2.05, 4.69) is 25.9 Å². The van der Waals surface area contributed by atoms with Gasteiger partial charge < -0.3 is 4.74 Å². The van der Waals surface area contributed by atoms with Gasteiger partial charge in [0, 0.05) is 24.1 Å². The molecule has 1 aromatic heterocycles. The van der Waals surface area contributed by atoms with E-state index in [1.807, 2.05) is 12.3 Å². The van der Waals surface area contributed by atoms with Gasteiger partial charge >= 0.3 is 0 Å². The molecular weight excluding hydrogens is 232 g/mol. The van der Waals surface area contributed by atoms with Gasteiger partial charge in [0.05, 0.1) is 12.3 Å². The molecule has 0 amide bonds. The van der Waals surface area contributed by atoms with E-state index in [-0.39, 0.29) is 0 Å². The Morgan fingerprint density at radius 1 is 1.62 bits per heavy atom. The number of ether oxygens (including phenoxy) is 1. The van der Waals surface area contributed by atoms with Gasteiger partial charge in [-0.15, -0.1) is 0 Å². The molecule has 1 aliphatic rings. The number of halogens is 1. The molecular formula is C9H11BrN2O. The average Bonchev–Trinajstić information content (AvgIpc) is 2.71. The summed E-state index contributed by atoms with van der Waals surface area (Å²) in [5.41, 5.74) is 1.04. The van der Waals surface area contributed by atoms with Crippen LogP contribution in [0, 0.1) is 0 Å². The summed E-state index contributed by atoms with van der Waals surface area (Å²) in [6.07, 6.45) is 2.86. The van der Waals surface area contributed by atoms with Crippen molar-refractivity contribution in [3.8, 4) is 0 Å². The lowest BCUT2D eigenvalue weighted by Crippen LogP contribution is -2.05. The van der Waals surface area contributed by atoms with Gasteiger partial charge in [-0.3, -0.25) is 0 Å². The van der Waals surface area contributed by atoms with Crippen molar-refractivity contribution in [3.63, 3.8) is 0 Å². The Hall–Kier alpha value is -0.480. The maximum atomic E-state index is 5.29. The van der Waals surface area contributed by atoms with E-state index in [0.29, 0.717) is 5.92 Å². The van der Waals surface area contributed by atoms with Crippen LogP contribution in [-0.2, 0) is 10.1 Å². The highest BCUT2D eigenvalue weighted by atomic mass is 79.9. The van der Waals surface area contributed by atoms with Gasteiger partial charge in [0.25, 0.3) is 0 Å². The molecule has 13 heavy (non-hydrogen) atoms. The maximum Gasteiger partial charge on any atom is 0.134 e. The Morgan fingerprint density at radius 2 is 2.54 bits per heavy atom. The summed E-state index contributed by atoms with van der Waals surface area (Å²) in [5.74, 6) is 1.33. The van der Waals surface area contributed by atoms with Gasteiger partial charge in [-0.05, 0) is 12.5 Å². The minimum absolute atomic E-state index is 0.402. The lowest BCUT2D eigenvalue weighted by molar-refractivity contribution is 0.193. The number of nitrogens with zero attached hydrogens (tertiary/aromatic N) is 2. The summed E-state index contributed by atoms with van der Waals surface area (Å²) in [4.78, 5) is 8.69. The number of alkyl halides is 1. The fourth-order valence-corrected chi connectivity index (χ4v) is 1.73. The van der Waals surface area contributed by atoms with Gasteiger partial charge in [-0.1, -0.05) is 15.9 Å². The molecule has 0 aromatic carbocycles. The molecule has 0 N–H and O–H groups in total. The normalized spacial score (nSPS) is 22.1. The molecule has 1 unspecified atom stereocenters. The zero-order valence-corrected chi connectivity index (χ0v) is 8.83. The van der Waals surface area contributed by atoms with Crippen molar-refractivity contribution in [2.24, 2.45) is 0 Å². The summed E-state index contributed by atoms with van der Waals surface area (Å²) in [5, 5.41) is 0.788. The molecule has 1 aromatic rings. The Kier molecular flexibility index (Phi) is 2.90. The molecule has 0 saturated carbocycles. The monoisotopic (exact) mass is 242 g/mol. The van der Waals surface area contributed by atoms with Crippen LogP contribution in [0.25, 0.3) is 0 Å². The van der Waals surface area contributed by atoms with Gasteiger partial charge in [0.2, 0.25) is 0 Å². The Labute approximate surface area is 85.7 Å². The molecule has 1 aliphatic heterocycles. The first kappa shape index (κ1) is 9.09.